The van der Waals surface area contributed by atoms with Gasteiger partial charge in [-0.2, -0.15) is 5.10 Å². The maximum atomic E-state index is 12.8. The number of carbonyl (C=O) groups is 1. The second kappa shape index (κ2) is 6.48. The normalized spacial score (nSPS) is 16.4. The first kappa shape index (κ1) is 18.5. The molecule has 1 aromatic heterocycles. The smallest absolute Gasteiger partial charge is 0.282 e. The fourth-order valence-electron chi connectivity index (χ4n) is 2.77. The minimum absolute atomic E-state index is 0.142. The fraction of sp³-hybridized carbons (Fsp3) is 0.375. The molecule has 1 aliphatic rings. The molecule has 0 saturated heterocycles. The number of hydrogen-bond donors (Lipinski definition) is 1. The fourth-order valence-corrected chi connectivity index (χ4v) is 4.20. The van der Waals surface area contributed by atoms with Crippen molar-refractivity contribution in [3.05, 3.63) is 50.2 Å². The van der Waals surface area contributed by atoms with Crippen LogP contribution in [-0.2, 0) is 27.8 Å². The van der Waals surface area contributed by atoms with Crippen molar-refractivity contribution in [2.75, 3.05) is 5.32 Å². The van der Waals surface area contributed by atoms with Gasteiger partial charge in [0.2, 0.25) is 0 Å². The Morgan fingerprint density at radius 2 is 2.08 bits per heavy atom. The maximum absolute atomic E-state index is 12.8. The van der Waals surface area contributed by atoms with Crippen LogP contribution in [0.25, 0.3) is 0 Å². The number of nitrogens with zero attached hydrogens (tertiary/aromatic N) is 3. The summed E-state index contributed by atoms with van der Waals surface area (Å²) in [6.45, 7) is 5.76. The van der Waals surface area contributed by atoms with Gasteiger partial charge in [-0.25, -0.2) is 4.68 Å². The molecule has 1 aliphatic heterocycles. The van der Waals surface area contributed by atoms with E-state index < -0.39 is 27.2 Å². The van der Waals surface area contributed by atoms with Gasteiger partial charge in [0.15, 0.2) is 0 Å². The molecule has 0 spiro atoms. The lowest BCUT2D eigenvalue weighted by Gasteiger charge is -2.23. The van der Waals surface area contributed by atoms with Gasteiger partial charge in [-0.15, -0.1) is 0 Å². The lowest BCUT2D eigenvalue weighted by atomic mass is 10.1. The summed E-state index contributed by atoms with van der Waals surface area (Å²) in [5, 5.41) is 18.6. The zero-order chi connectivity index (χ0) is 19.2. The highest BCUT2D eigenvalue weighted by molar-refractivity contribution is 7.83. The number of benzene rings is 1. The molecule has 0 saturated carbocycles. The van der Waals surface area contributed by atoms with Gasteiger partial charge in [0.1, 0.15) is 11.4 Å². The van der Waals surface area contributed by atoms with Crippen molar-refractivity contribution < 1.29 is 13.9 Å². The van der Waals surface area contributed by atoms with Crippen molar-refractivity contribution in [3.8, 4) is 0 Å². The second-order valence-electron chi connectivity index (χ2n) is 6.96. The SMILES string of the molecule is CC(C)(C)n1nc2c(c1NC(=O)c1cc(Cl)ccc1[N+](=O)[O-])CS(=O)C2. The van der Waals surface area contributed by atoms with Gasteiger partial charge in [0.25, 0.3) is 11.6 Å². The highest BCUT2D eigenvalue weighted by atomic mass is 35.5. The van der Waals surface area contributed by atoms with E-state index in [0.29, 0.717) is 28.6 Å². The number of nitro benzene ring substituents is 1. The largest absolute Gasteiger partial charge is 0.306 e. The van der Waals surface area contributed by atoms with Crippen molar-refractivity contribution in [1.29, 1.82) is 0 Å². The first-order chi connectivity index (χ1) is 12.1. The van der Waals surface area contributed by atoms with Gasteiger partial charge in [0, 0.05) is 27.5 Å². The number of nitrogens with one attached hydrogen (secondary N) is 1. The number of nitro groups is 1. The Bertz CT molecular complexity index is 948. The number of rotatable bonds is 3. The first-order valence-electron chi connectivity index (χ1n) is 7.79. The van der Waals surface area contributed by atoms with Crippen LogP contribution < -0.4 is 5.32 Å². The van der Waals surface area contributed by atoms with Crippen molar-refractivity contribution >= 4 is 39.8 Å². The highest BCUT2D eigenvalue weighted by Crippen LogP contribution is 2.34. The molecule has 8 nitrogen and oxygen atoms in total. The molecular formula is C16H17ClN4O4S. The summed E-state index contributed by atoms with van der Waals surface area (Å²) in [4.78, 5) is 23.3. The predicted molar refractivity (Wildman–Crippen MR) is 98.8 cm³/mol. The second-order valence-corrected chi connectivity index (χ2v) is 8.85. The molecule has 0 fully saturated rings. The average molecular weight is 397 g/mol. The van der Waals surface area contributed by atoms with Gasteiger partial charge < -0.3 is 5.32 Å². The van der Waals surface area contributed by atoms with Crippen molar-refractivity contribution in [2.24, 2.45) is 0 Å². The van der Waals surface area contributed by atoms with Crippen LogP contribution >= 0.6 is 11.6 Å². The number of hydrogen-bond acceptors (Lipinski definition) is 5. The minimum Gasteiger partial charge on any atom is -0.306 e. The summed E-state index contributed by atoms with van der Waals surface area (Å²) < 4.78 is 13.5. The predicted octanol–water partition coefficient (Wildman–Crippen LogP) is 3.21. The van der Waals surface area contributed by atoms with E-state index in [9.17, 15) is 19.1 Å². The molecule has 26 heavy (non-hydrogen) atoms. The van der Waals surface area contributed by atoms with E-state index in [1.54, 1.807) is 4.68 Å². The third-order valence-corrected chi connectivity index (χ3v) is 5.38. The van der Waals surface area contributed by atoms with Gasteiger partial charge >= 0.3 is 0 Å². The van der Waals surface area contributed by atoms with Gasteiger partial charge in [-0.05, 0) is 32.9 Å². The lowest BCUT2D eigenvalue weighted by Crippen LogP contribution is -2.27. The topological polar surface area (TPSA) is 107 Å². The third kappa shape index (κ3) is 3.36. The number of amides is 1. The van der Waals surface area contributed by atoms with E-state index in [0.717, 1.165) is 0 Å². The zero-order valence-electron chi connectivity index (χ0n) is 14.4. The molecule has 0 aliphatic carbocycles. The summed E-state index contributed by atoms with van der Waals surface area (Å²) in [5.41, 5.74) is 0.464. The molecule has 138 valence electrons. The van der Waals surface area contributed by atoms with Crippen LogP contribution in [0.15, 0.2) is 18.2 Å². The number of anilines is 1. The zero-order valence-corrected chi connectivity index (χ0v) is 16.0. The molecule has 2 aromatic rings. The molecule has 1 unspecified atom stereocenters. The van der Waals surface area contributed by atoms with Gasteiger partial charge in [0.05, 0.1) is 27.7 Å². The van der Waals surface area contributed by atoms with Gasteiger partial charge in [-0.3, -0.25) is 19.1 Å². The molecule has 1 atom stereocenters. The van der Waals surface area contributed by atoms with Crippen LogP contribution in [0.4, 0.5) is 11.5 Å². The summed E-state index contributed by atoms with van der Waals surface area (Å²) >= 11 is 5.90. The quantitative estimate of drug-likeness (QED) is 0.633. The van der Waals surface area contributed by atoms with Crippen LogP contribution in [0.2, 0.25) is 5.02 Å². The Morgan fingerprint density at radius 3 is 2.69 bits per heavy atom. The van der Waals surface area contributed by atoms with E-state index in [1.807, 2.05) is 20.8 Å². The molecule has 10 heteroatoms. The molecule has 1 amide bonds. The van der Waals surface area contributed by atoms with E-state index in [4.69, 9.17) is 11.6 Å². The summed E-state index contributed by atoms with van der Waals surface area (Å²) in [6, 6.07) is 3.81. The van der Waals surface area contributed by atoms with Gasteiger partial charge in [-0.1, -0.05) is 11.6 Å². The van der Waals surface area contributed by atoms with Crippen LogP contribution in [0, 0.1) is 10.1 Å². The maximum Gasteiger partial charge on any atom is 0.282 e. The van der Waals surface area contributed by atoms with Crippen molar-refractivity contribution in [1.82, 2.24) is 9.78 Å². The highest BCUT2D eigenvalue weighted by Gasteiger charge is 2.32. The van der Waals surface area contributed by atoms with Crippen molar-refractivity contribution in [3.63, 3.8) is 0 Å². The van der Waals surface area contributed by atoms with Crippen LogP contribution in [-0.4, -0.2) is 24.8 Å². The standard InChI is InChI=1S/C16H17ClN4O4S/c1-16(2,3)20-14(11-7-26(25)8-12(11)19-20)18-15(22)10-6-9(17)4-5-13(10)21(23)24/h4-6H,7-8H2,1-3H3,(H,18,22). The van der Waals surface area contributed by atoms with E-state index in [2.05, 4.69) is 10.4 Å². The summed E-state index contributed by atoms with van der Waals surface area (Å²) in [5.74, 6) is 0.375. The Hall–Kier alpha value is -2.26. The first-order valence-corrected chi connectivity index (χ1v) is 9.66. The Morgan fingerprint density at radius 1 is 1.38 bits per heavy atom. The van der Waals surface area contributed by atoms with Crippen LogP contribution in [0.5, 0.6) is 0 Å². The molecule has 3 rings (SSSR count). The Labute approximate surface area is 157 Å². The van der Waals surface area contributed by atoms with Crippen LogP contribution in [0.1, 0.15) is 42.4 Å². The number of halogens is 1. The molecule has 1 N–H and O–H groups in total. The lowest BCUT2D eigenvalue weighted by molar-refractivity contribution is -0.385. The van der Waals surface area contributed by atoms with E-state index in [-0.39, 0.29) is 16.3 Å². The molecule has 2 heterocycles. The van der Waals surface area contributed by atoms with Crippen molar-refractivity contribution in [2.45, 2.75) is 37.8 Å². The molecule has 0 bridgehead atoms. The number of fused-ring (bicyclic) bond motifs is 1. The molecule has 1 aromatic carbocycles. The average Bonchev–Trinajstić information content (AvgIpc) is 3.04. The Balaban J connectivity index is 2.05. The van der Waals surface area contributed by atoms with E-state index in [1.165, 1.54) is 18.2 Å². The minimum atomic E-state index is -1.06. The van der Waals surface area contributed by atoms with Crippen LogP contribution in [0.3, 0.4) is 0 Å². The number of aromatic nitrogens is 2. The molecule has 0 radical (unpaired) electrons. The summed E-state index contributed by atoms with van der Waals surface area (Å²) in [7, 11) is -1.06. The molecular weight excluding hydrogens is 380 g/mol. The summed E-state index contributed by atoms with van der Waals surface area (Å²) in [6.07, 6.45) is 0. The van der Waals surface area contributed by atoms with E-state index >= 15 is 0 Å². The number of carbonyl (C=O) groups excluding carboxylic acids is 1. The third-order valence-electron chi connectivity index (χ3n) is 3.94. The Kier molecular flexibility index (Phi) is 4.61. The monoisotopic (exact) mass is 396 g/mol.